The Bertz CT molecular complexity index is 960. The summed E-state index contributed by atoms with van der Waals surface area (Å²) in [6.45, 7) is 0. The molecule has 1 amide bonds. The third kappa shape index (κ3) is 4.09. The number of imidazole rings is 1. The second kappa shape index (κ2) is 7.01. The summed E-state index contributed by atoms with van der Waals surface area (Å²) in [6.07, 6.45) is -1.24. The van der Waals surface area contributed by atoms with Crippen LogP contribution < -0.4 is 5.48 Å². The van der Waals surface area contributed by atoms with Crippen LogP contribution in [0.3, 0.4) is 0 Å². The van der Waals surface area contributed by atoms with Crippen LogP contribution in [0.5, 0.6) is 0 Å². The number of aromatic nitrogens is 2. The van der Waals surface area contributed by atoms with Gasteiger partial charge < -0.3 is 4.98 Å². The molecule has 0 radical (unpaired) electrons. The number of fused-ring (bicyclic) bond motifs is 1. The number of hydrogen-bond donors (Lipinski definition) is 3. The van der Waals surface area contributed by atoms with E-state index in [0.717, 1.165) is 23.3 Å². The maximum Gasteiger partial charge on any atom is 0.416 e. The summed E-state index contributed by atoms with van der Waals surface area (Å²) in [7, 11) is 0. The number of carbonyl (C=O) groups is 1. The second-order valence-electron chi connectivity index (χ2n) is 5.64. The lowest BCUT2D eigenvalue weighted by Crippen LogP contribution is -2.14. The normalized spacial score (nSPS) is 12.0. The van der Waals surface area contributed by atoms with Crippen molar-refractivity contribution in [3.05, 3.63) is 71.1 Å². The number of H-pyrrole nitrogens is 1. The number of benzene rings is 2. The van der Waals surface area contributed by atoms with Gasteiger partial charge in [-0.25, -0.2) is 10.5 Å². The second-order valence-corrected chi connectivity index (χ2v) is 5.64. The maximum absolute atomic E-state index is 12.8. The molecule has 0 saturated heterocycles. The number of nitrogens with one attached hydrogen (secondary N) is 2. The van der Waals surface area contributed by atoms with Gasteiger partial charge in [0.05, 0.1) is 16.6 Å². The van der Waals surface area contributed by atoms with Crippen molar-refractivity contribution in [1.29, 1.82) is 0 Å². The van der Waals surface area contributed by atoms with Crippen molar-refractivity contribution in [2.24, 2.45) is 0 Å². The van der Waals surface area contributed by atoms with E-state index in [1.165, 1.54) is 23.7 Å². The smallest absolute Gasteiger partial charge is 0.342 e. The molecule has 0 unspecified atom stereocenters. The van der Waals surface area contributed by atoms with Crippen LogP contribution in [0, 0.1) is 0 Å². The van der Waals surface area contributed by atoms with Gasteiger partial charge in [-0.05, 0) is 35.4 Å². The number of aromatic amines is 1. The minimum atomic E-state index is -4.39. The summed E-state index contributed by atoms with van der Waals surface area (Å²) in [5, 5.41) is 8.42. The lowest BCUT2D eigenvalue weighted by Gasteiger charge is -2.05. The summed E-state index contributed by atoms with van der Waals surface area (Å²) in [5.74, 6) is -0.0724. The van der Waals surface area contributed by atoms with E-state index in [0.29, 0.717) is 23.3 Å². The topological polar surface area (TPSA) is 78.0 Å². The van der Waals surface area contributed by atoms with Crippen molar-refractivity contribution in [2.75, 3.05) is 0 Å². The first-order valence-electron chi connectivity index (χ1n) is 7.62. The van der Waals surface area contributed by atoms with Crippen molar-refractivity contribution in [3.63, 3.8) is 0 Å². The SMILES string of the molecule is O=C(/C=C/c1ccc(Cc2nc3ccc(C(F)(F)F)cc3[nH]2)cc1)NO. The number of nitrogens with zero attached hydrogens (tertiary/aromatic N) is 1. The molecular weight excluding hydrogens is 347 g/mol. The summed E-state index contributed by atoms with van der Waals surface area (Å²) < 4.78 is 38.3. The molecule has 3 N–H and O–H groups in total. The summed E-state index contributed by atoms with van der Waals surface area (Å²) in [5.41, 5.74) is 3.26. The van der Waals surface area contributed by atoms with Crippen LogP contribution in [-0.2, 0) is 17.4 Å². The quantitative estimate of drug-likeness (QED) is 0.377. The minimum Gasteiger partial charge on any atom is -0.342 e. The van der Waals surface area contributed by atoms with E-state index in [2.05, 4.69) is 9.97 Å². The highest BCUT2D eigenvalue weighted by molar-refractivity contribution is 5.90. The summed E-state index contributed by atoms with van der Waals surface area (Å²) >= 11 is 0. The molecule has 0 saturated carbocycles. The summed E-state index contributed by atoms with van der Waals surface area (Å²) in [6, 6.07) is 10.6. The Morgan fingerprint density at radius 3 is 2.58 bits per heavy atom. The van der Waals surface area contributed by atoms with Gasteiger partial charge in [-0.1, -0.05) is 24.3 Å². The number of alkyl halides is 3. The van der Waals surface area contributed by atoms with E-state index in [1.807, 2.05) is 12.1 Å². The van der Waals surface area contributed by atoms with Gasteiger partial charge in [0, 0.05) is 12.5 Å². The number of hydroxylamine groups is 1. The first-order valence-corrected chi connectivity index (χ1v) is 7.62. The molecule has 0 atom stereocenters. The van der Waals surface area contributed by atoms with Crippen molar-refractivity contribution in [3.8, 4) is 0 Å². The van der Waals surface area contributed by atoms with E-state index in [-0.39, 0.29) is 0 Å². The molecule has 3 aromatic rings. The van der Waals surface area contributed by atoms with Crippen LogP contribution in [0.4, 0.5) is 13.2 Å². The fourth-order valence-electron chi connectivity index (χ4n) is 2.47. The van der Waals surface area contributed by atoms with Gasteiger partial charge in [-0.3, -0.25) is 10.0 Å². The average Bonchev–Trinajstić information content (AvgIpc) is 3.01. The zero-order valence-corrected chi connectivity index (χ0v) is 13.3. The minimum absolute atomic E-state index is 0.337. The number of carbonyl (C=O) groups excluding carboxylic acids is 1. The average molecular weight is 361 g/mol. The summed E-state index contributed by atoms with van der Waals surface area (Å²) in [4.78, 5) is 18.2. The maximum atomic E-state index is 12.8. The molecule has 8 heteroatoms. The molecule has 1 heterocycles. The van der Waals surface area contributed by atoms with Gasteiger partial charge in [0.25, 0.3) is 5.91 Å². The monoisotopic (exact) mass is 361 g/mol. The zero-order valence-electron chi connectivity index (χ0n) is 13.3. The van der Waals surface area contributed by atoms with Crippen molar-refractivity contribution < 1.29 is 23.2 Å². The predicted octanol–water partition coefficient (Wildman–Crippen LogP) is 3.69. The van der Waals surface area contributed by atoms with Gasteiger partial charge in [0.15, 0.2) is 0 Å². The van der Waals surface area contributed by atoms with E-state index < -0.39 is 17.6 Å². The molecule has 0 fully saturated rings. The highest BCUT2D eigenvalue weighted by Gasteiger charge is 2.30. The number of halogens is 3. The van der Waals surface area contributed by atoms with Crippen molar-refractivity contribution in [1.82, 2.24) is 15.4 Å². The van der Waals surface area contributed by atoms with Crippen molar-refractivity contribution in [2.45, 2.75) is 12.6 Å². The van der Waals surface area contributed by atoms with Crippen LogP contribution in [0.2, 0.25) is 0 Å². The van der Waals surface area contributed by atoms with Gasteiger partial charge in [0.1, 0.15) is 5.82 Å². The van der Waals surface area contributed by atoms with E-state index in [4.69, 9.17) is 5.21 Å². The highest BCUT2D eigenvalue weighted by Crippen LogP contribution is 2.31. The largest absolute Gasteiger partial charge is 0.416 e. The molecule has 26 heavy (non-hydrogen) atoms. The Labute approximate surface area is 146 Å². The molecule has 5 nitrogen and oxygen atoms in total. The Morgan fingerprint density at radius 1 is 1.19 bits per heavy atom. The molecule has 0 aliphatic carbocycles. The Kier molecular flexibility index (Phi) is 4.77. The van der Waals surface area contributed by atoms with E-state index >= 15 is 0 Å². The first-order chi connectivity index (χ1) is 12.3. The third-order valence-corrected chi connectivity index (χ3v) is 3.75. The first kappa shape index (κ1) is 17.7. The molecule has 134 valence electrons. The molecule has 3 rings (SSSR count). The molecule has 0 spiro atoms. The van der Waals surface area contributed by atoms with Crippen LogP contribution in [0.25, 0.3) is 17.1 Å². The van der Waals surface area contributed by atoms with E-state index in [1.54, 1.807) is 12.1 Å². The Balaban J connectivity index is 1.76. The third-order valence-electron chi connectivity index (χ3n) is 3.75. The number of amides is 1. The lowest BCUT2D eigenvalue weighted by atomic mass is 10.1. The molecule has 0 bridgehead atoms. The van der Waals surface area contributed by atoms with Crippen LogP contribution in [-0.4, -0.2) is 21.1 Å². The van der Waals surface area contributed by atoms with Crippen LogP contribution in [0.1, 0.15) is 22.5 Å². The highest BCUT2D eigenvalue weighted by atomic mass is 19.4. The fourth-order valence-corrected chi connectivity index (χ4v) is 2.47. The van der Waals surface area contributed by atoms with Gasteiger partial charge in [0.2, 0.25) is 0 Å². The van der Waals surface area contributed by atoms with Gasteiger partial charge >= 0.3 is 6.18 Å². The molecule has 1 aromatic heterocycles. The fraction of sp³-hybridized carbons (Fsp3) is 0.111. The predicted molar refractivity (Wildman–Crippen MR) is 89.3 cm³/mol. The zero-order chi connectivity index (χ0) is 18.7. The number of hydrogen-bond acceptors (Lipinski definition) is 3. The van der Waals surface area contributed by atoms with E-state index in [9.17, 15) is 18.0 Å². The van der Waals surface area contributed by atoms with Gasteiger partial charge in [-0.2, -0.15) is 13.2 Å². The number of rotatable bonds is 4. The Morgan fingerprint density at radius 2 is 1.92 bits per heavy atom. The molecule has 0 aliphatic rings. The Hall–Kier alpha value is -3.13. The molecule has 0 aliphatic heterocycles. The molecular formula is C18H14F3N3O2. The molecule has 2 aromatic carbocycles. The standard InChI is InChI=1S/C18H14F3N3O2/c19-18(20,21)13-6-7-14-15(10-13)23-16(22-14)9-12-3-1-11(2-4-12)5-8-17(25)24-26/h1-8,10,26H,9H2,(H,22,23)(H,24,25)/b8-5+. The van der Waals surface area contributed by atoms with Gasteiger partial charge in [-0.15, -0.1) is 0 Å². The lowest BCUT2D eigenvalue weighted by molar-refractivity contribution is -0.137. The van der Waals surface area contributed by atoms with Crippen molar-refractivity contribution >= 4 is 23.0 Å². The van der Waals surface area contributed by atoms with Crippen LogP contribution >= 0.6 is 0 Å². The van der Waals surface area contributed by atoms with Crippen LogP contribution in [0.15, 0.2) is 48.5 Å².